The van der Waals surface area contributed by atoms with E-state index < -0.39 is 29.6 Å². The third kappa shape index (κ3) is 4.61. The Bertz CT molecular complexity index is 1260. The maximum atomic E-state index is 14.1. The molecule has 39 heavy (non-hydrogen) atoms. The quantitative estimate of drug-likeness (QED) is 0.511. The minimum absolute atomic E-state index is 0.101. The molecule has 204 valence electrons. The van der Waals surface area contributed by atoms with Crippen LogP contribution in [0.15, 0.2) is 66.7 Å². The average Bonchev–Trinajstić information content (AvgIpc) is 3.60. The van der Waals surface area contributed by atoms with Crippen molar-refractivity contribution in [3.05, 3.63) is 72.3 Å². The van der Waals surface area contributed by atoms with Crippen molar-refractivity contribution in [3.8, 4) is 5.75 Å². The molecule has 1 spiro atoms. The molecule has 6 rings (SSSR count). The molecule has 0 radical (unpaired) electrons. The van der Waals surface area contributed by atoms with Gasteiger partial charge in [-0.1, -0.05) is 61.7 Å². The summed E-state index contributed by atoms with van der Waals surface area (Å²) in [6.45, 7) is 0.374. The molecule has 2 bridgehead atoms. The highest BCUT2D eigenvalue weighted by Gasteiger charge is 2.72. The van der Waals surface area contributed by atoms with Crippen molar-refractivity contribution >= 4 is 23.4 Å². The van der Waals surface area contributed by atoms with Crippen LogP contribution < -0.4 is 15.4 Å². The molecule has 3 fully saturated rings. The molecule has 5 atom stereocenters. The molecule has 2 N–H and O–H groups in total. The van der Waals surface area contributed by atoms with E-state index in [4.69, 9.17) is 9.47 Å². The van der Waals surface area contributed by atoms with E-state index in [0.29, 0.717) is 24.4 Å². The van der Waals surface area contributed by atoms with Crippen LogP contribution in [0.1, 0.15) is 37.7 Å². The highest BCUT2D eigenvalue weighted by molar-refractivity contribution is 6.02. The first-order chi connectivity index (χ1) is 19.0. The van der Waals surface area contributed by atoms with E-state index in [-0.39, 0.29) is 23.8 Å². The smallest absolute Gasteiger partial charge is 0.246 e. The molecule has 2 aromatic rings. The van der Waals surface area contributed by atoms with Gasteiger partial charge in [-0.05, 0) is 49.1 Å². The third-order valence-corrected chi connectivity index (χ3v) is 8.72. The number of nitrogens with one attached hydrogen (secondary N) is 2. The number of methoxy groups -OCH3 is 1. The van der Waals surface area contributed by atoms with Crippen molar-refractivity contribution < 1.29 is 23.9 Å². The molecular formula is C31H35N3O5. The van der Waals surface area contributed by atoms with Crippen molar-refractivity contribution in [2.24, 2.45) is 11.8 Å². The van der Waals surface area contributed by atoms with E-state index in [1.165, 1.54) is 6.42 Å². The minimum atomic E-state index is -1.15. The van der Waals surface area contributed by atoms with Crippen LogP contribution in [-0.4, -0.2) is 60.1 Å². The molecule has 3 aliphatic heterocycles. The zero-order valence-corrected chi connectivity index (χ0v) is 22.2. The second-order valence-corrected chi connectivity index (χ2v) is 11.0. The Morgan fingerprint density at radius 3 is 2.49 bits per heavy atom. The highest BCUT2D eigenvalue weighted by Crippen LogP contribution is 2.55. The normalized spacial score (nSPS) is 29.4. The number of hydrogen-bond donors (Lipinski definition) is 2. The van der Waals surface area contributed by atoms with Crippen LogP contribution in [0.2, 0.25) is 0 Å². The van der Waals surface area contributed by atoms with E-state index in [2.05, 4.69) is 10.6 Å². The first-order valence-corrected chi connectivity index (χ1v) is 14.0. The Kier molecular flexibility index (Phi) is 6.89. The molecule has 4 aliphatic rings. The van der Waals surface area contributed by atoms with Gasteiger partial charge in [-0.25, -0.2) is 0 Å². The summed E-state index contributed by atoms with van der Waals surface area (Å²) in [6, 6.07) is 16.3. The van der Waals surface area contributed by atoms with Crippen LogP contribution in [0, 0.1) is 11.8 Å². The van der Waals surface area contributed by atoms with Gasteiger partial charge in [0.05, 0.1) is 25.0 Å². The molecule has 2 aromatic carbocycles. The van der Waals surface area contributed by atoms with Gasteiger partial charge in [-0.15, -0.1) is 0 Å². The summed E-state index contributed by atoms with van der Waals surface area (Å²) in [6.07, 6.45) is 9.02. The Hall–Kier alpha value is -3.65. The topological polar surface area (TPSA) is 97.0 Å². The molecule has 3 amide bonds. The first-order valence-electron chi connectivity index (χ1n) is 14.0. The lowest BCUT2D eigenvalue weighted by molar-refractivity contribution is -0.141. The summed E-state index contributed by atoms with van der Waals surface area (Å²) in [5.41, 5.74) is 0.541. The fourth-order valence-corrected chi connectivity index (χ4v) is 6.83. The summed E-state index contributed by atoms with van der Waals surface area (Å²) in [5, 5.41) is 6.19. The zero-order chi connectivity index (χ0) is 27.0. The predicted molar refractivity (Wildman–Crippen MR) is 146 cm³/mol. The number of fused-ring (bicyclic) bond motifs is 1. The van der Waals surface area contributed by atoms with Crippen molar-refractivity contribution in [3.63, 3.8) is 0 Å². The van der Waals surface area contributed by atoms with Crippen LogP contribution in [0.4, 0.5) is 5.69 Å². The van der Waals surface area contributed by atoms with E-state index in [9.17, 15) is 14.4 Å². The predicted octanol–water partition coefficient (Wildman–Crippen LogP) is 3.48. The van der Waals surface area contributed by atoms with Crippen LogP contribution in [0.3, 0.4) is 0 Å². The van der Waals surface area contributed by atoms with Gasteiger partial charge in [0.25, 0.3) is 0 Å². The lowest BCUT2D eigenvalue weighted by Crippen LogP contribution is -2.56. The monoisotopic (exact) mass is 529 g/mol. The Morgan fingerprint density at radius 1 is 1.03 bits per heavy atom. The standard InChI is InChI=1S/C31H35N3O5/c1-38-23-14-12-22(13-15-23)32-28(35)25-24-16-18-31(39-24)26(25)30(37)34(19-17-20-8-4-2-5-9-20)27(31)29(36)33-21-10-6-3-7-11-21/h2,4-5,8-9,12-16,18,21,24-27H,3,6-7,10-11,17,19H2,1H3,(H,32,35)(H,33,36). The number of ether oxygens (including phenoxy) is 2. The Balaban J connectivity index is 1.28. The van der Waals surface area contributed by atoms with Gasteiger partial charge < -0.3 is 25.0 Å². The van der Waals surface area contributed by atoms with E-state index in [0.717, 1.165) is 31.2 Å². The number of carbonyl (C=O) groups is 3. The average molecular weight is 530 g/mol. The first kappa shape index (κ1) is 25.6. The molecule has 2 saturated heterocycles. The number of hydrogen-bond acceptors (Lipinski definition) is 5. The maximum absolute atomic E-state index is 14.1. The highest BCUT2D eigenvalue weighted by atomic mass is 16.5. The number of benzene rings is 2. The molecule has 8 heteroatoms. The Morgan fingerprint density at radius 2 is 1.77 bits per heavy atom. The molecule has 3 heterocycles. The van der Waals surface area contributed by atoms with Gasteiger partial charge in [0, 0.05) is 18.3 Å². The van der Waals surface area contributed by atoms with Gasteiger partial charge in [0.1, 0.15) is 17.4 Å². The Labute approximate surface area is 228 Å². The van der Waals surface area contributed by atoms with Gasteiger partial charge in [-0.3, -0.25) is 14.4 Å². The van der Waals surface area contributed by atoms with E-state index in [1.807, 2.05) is 42.5 Å². The van der Waals surface area contributed by atoms with Gasteiger partial charge in [-0.2, -0.15) is 0 Å². The van der Waals surface area contributed by atoms with Gasteiger partial charge in [0.15, 0.2) is 0 Å². The fourth-order valence-electron chi connectivity index (χ4n) is 6.83. The largest absolute Gasteiger partial charge is 0.497 e. The second-order valence-electron chi connectivity index (χ2n) is 11.0. The van der Waals surface area contributed by atoms with Crippen LogP contribution in [-0.2, 0) is 25.5 Å². The van der Waals surface area contributed by atoms with Crippen molar-refractivity contribution in [2.75, 3.05) is 19.0 Å². The molecule has 5 unspecified atom stereocenters. The van der Waals surface area contributed by atoms with Crippen LogP contribution >= 0.6 is 0 Å². The second kappa shape index (κ2) is 10.5. The lowest BCUT2D eigenvalue weighted by Gasteiger charge is -2.34. The molecular weight excluding hydrogens is 494 g/mol. The summed E-state index contributed by atoms with van der Waals surface area (Å²) in [4.78, 5) is 43.2. The SMILES string of the molecule is COc1ccc(NC(=O)C2C3C=CC4(O3)C2C(=O)N(CCc2ccccc2)C4C(=O)NC2CCCCC2)cc1. The van der Waals surface area contributed by atoms with Gasteiger partial charge >= 0.3 is 0 Å². The summed E-state index contributed by atoms with van der Waals surface area (Å²) in [7, 11) is 1.59. The third-order valence-electron chi connectivity index (χ3n) is 8.72. The van der Waals surface area contributed by atoms with Crippen molar-refractivity contribution in [2.45, 2.75) is 62.3 Å². The lowest BCUT2D eigenvalue weighted by atomic mass is 9.74. The number of likely N-dealkylation sites (tertiary alicyclic amines) is 1. The number of rotatable bonds is 8. The van der Waals surface area contributed by atoms with Crippen LogP contribution in [0.25, 0.3) is 0 Å². The van der Waals surface area contributed by atoms with Crippen molar-refractivity contribution in [1.29, 1.82) is 0 Å². The summed E-state index contributed by atoms with van der Waals surface area (Å²) >= 11 is 0. The number of nitrogens with zero attached hydrogens (tertiary/aromatic N) is 1. The number of carbonyl (C=O) groups excluding carboxylic acids is 3. The molecule has 1 aliphatic carbocycles. The molecule has 0 aromatic heterocycles. The molecule has 8 nitrogen and oxygen atoms in total. The summed E-state index contributed by atoms with van der Waals surface area (Å²) in [5.74, 6) is -1.47. The fraction of sp³-hybridized carbons (Fsp3) is 0.452. The zero-order valence-electron chi connectivity index (χ0n) is 22.2. The molecule has 1 saturated carbocycles. The van der Waals surface area contributed by atoms with E-state index >= 15 is 0 Å². The maximum Gasteiger partial charge on any atom is 0.246 e. The van der Waals surface area contributed by atoms with Crippen molar-refractivity contribution in [1.82, 2.24) is 10.2 Å². The number of amides is 3. The summed E-state index contributed by atoms with van der Waals surface area (Å²) < 4.78 is 11.7. The van der Waals surface area contributed by atoms with Crippen LogP contribution in [0.5, 0.6) is 5.75 Å². The minimum Gasteiger partial charge on any atom is -0.497 e. The van der Waals surface area contributed by atoms with Gasteiger partial charge in [0.2, 0.25) is 17.7 Å². The number of anilines is 1. The van der Waals surface area contributed by atoms with E-state index in [1.54, 1.807) is 36.3 Å².